The van der Waals surface area contributed by atoms with E-state index in [1.165, 1.54) is 11.8 Å². The second-order valence-electron chi connectivity index (χ2n) is 3.45. The molecule has 2 aromatic rings. The van der Waals surface area contributed by atoms with Gasteiger partial charge in [-0.25, -0.2) is 4.98 Å². The molecule has 1 heterocycles. The average molecular weight is 219 g/mol. The molecule has 0 spiro atoms. The second-order valence-corrected chi connectivity index (χ2v) is 4.27. The summed E-state index contributed by atoms with van der Waals surface area (Å²) in [7, 11) is 2.00. The van der Waals surface area contributed by atoms with E-state index in [2.05, 4.69) is 9.55 Å². The molecule has 0 radical (unpaired) electrons. The first-order valence-electron chi connectivity index (χ1n) is 4.69. The van der Waals surface area contributed by atoms with E-state index in [1.807, 2.05) is 38.4 Å². The number of nitrogens with one attached hydrogen (secondary N) is 1. The first-order chi connectivity index (χ1) is 7.13. The van der Waals surface area contributed by atoms with E-state index in [-0.39, 0.29) is 0 Å². The van der Waals surface area contributed by atoms with Crippen LogP contribution >= 0.6 is 11.8 Å². The van der Waals surface area contributed by atoms with E-state index in [1.54, 1.807) is 0 Å². The van der Waals surface area contributed by atoms with Crippen molar-refractivity contribution < 1.29 is 0 Å². The molecule has 0 saturated heterocycles. The molecule has 1 aromatic heterocycles. The van der Waals surface area contributed by atoms with Gasteiger partial charge in [-0.1, -0.05) is 6.07 Å². The summed E-state index contributed by atoms with van der Waals surface area (Å²) in [5.41, 5.74) is 3.02. The van der Waals surface area contributed by atoms with Crippen molar-refractivity contribution in [1.29, 1.82) is 5.41 Å². The van der Waals surface area contributed by atoms with Gasteiger partial charge in [0.1, 0.15) is 5.82 Å². The van der Waals surface area contributed by atoms with Gasteiger partial charge in [0.2, 0.25) is 0 Å². The van der Waals surface area contributed by atoms with Crippen molar-refractivity contribution in [3.8, 4) is 0 Å². The average Bonchev–Trinajstić information content (AvgIpc) is 2.53. The molecule has 0 atom stereocenters. The molecule has 0 aliphatic rings. The normalized spacial score (nSPS) is 10.9. The number of imidazole rings is 1. The summed E-state index contributed by atoms with van der Waals surface area (Å²) in [4.78, 5) is 4.45. The first-order valence-corrected chi connectivity index (χ1v) is 5.92. The minimum Gasteiger partial charge on any atom is -0.331 e. The van der Waals surface area contributed by atoms with Gasteiger partial charge in [0, 0.05) is 12.6 Å². The number of aromatic nitrogens is 2. The van der Waals surface area contributed by atoms with E-state index >= 15 is 0 Å². The van der Waals surface area contributed by atoms with Gasteiger partial charge in [0.05, 0.1) is 16.1 Å². The molecule has 78 valence electrons. The molecule has 0 aliphatic heterocycles. The van der Waals surface area contributed by atoms with Crippen LogP contribution in [0.4, 0.5) is 0 Å². The Bertz CT molecular complexity index is 528. The van der Waals surface area contributed by atoms with E-state index in [4.69, 9.17) is 5.41 Å². The van der Waals surface area contributed by atoms with Crippen molar-refractivity contribution in [3.63, 3.8) is 0 Å². The summed E-state index contributed by atoms with van der Waals surface area (Å²) in [6.45, 7) is 1.99. The molecule has 0 amide bonds. The van der Waals surface area contributed by atoms with Crippen LogP contribution in [0.1, 0.15) is 11.4 Å². The molecular formula is C11H13N3S. The Kier molecular flexibility index (Phi) is 2.52. The number of benzene rings is 1. The van der Waals surface area contributed by atoms with E-state index in [9.17, 15) is 0 Å². The highest BCUT2D eigenvalue weighted by atomic mass is 32.2. The number of thioether (sulfide) groups is 1. The fraction of sp³-hybridized carbons (Fsp3) is 0.273. The van der Waals surface area contributed by atoms with Crippen molar-refractivity contribution in [1.82, 2.24) is 9.55 Å². The van der Waals surface area contributed by atoms with Crippen molar-refractivity contribution >= 4 is 27.8 Å². The molecule has 0 bridgehead atoms. The Morgan fingerprint density at radius 3 is 2.87 bits per heavy atom. The van der Waals surface area contributed by atoms with E-state index in [0.717, 1.165) is 22.4 Å². The van der Waals surface area contributed by atoms with Gasteiger partial charge < -0.3 is 4.57 Å². The zero-order valence-electron chi connectivity index (χ0n) is 9.03. The molecule has 15 heavy (non-hydrogen) atoms. The van der Waals surface area contributed by atoms with Gasteiger partial charge in [-0.05, 0) is 25.3 Å². The van der Waals surface area contributed by atoms with Crippen LogP contribution in [-0.4, -0.2) is 20.9 Å². The molecule has 1 aromatic carbocycles. The van der Waals surface area contributed by atoms with Crippen LogP contribution in [0.15, 0.2) is 18.2 Å². The minimum atomic E-state index is 0.584. The van der Waals surface area contributed by atoms with Crippen LogP contribution < -0.4 is 0 Å². The third-order valence-electron chi connectivity index (χ3n) is 2.57. The minimum absolute atomic E-state index is 0.584. The summed E-state index contributed by atoms with van der Waals surface area (Å²) in [6, 6.07) is 5.97. The van der Waals surface area contributed by atoms with Crippen LogP contribution in [-0.2, 0) is 7.05 Å². The predicted octanol–water partition coefficient (Wildman–Crippen LogP) is 2.57. The van der Waals surface area contributed by atoms with E-state index in [0.29, 0.717) is 5.04 Å². The van der Waals surface area contributed by atoms with Crippen molar-refractivity contribution in [2.24, 2.45) is 7.05 Å². The zero-order chi connectivity index (χ0) is 11.0. The van der Waals surface area contributed by atoms with Crippen molar-refractivity contribution in [2.75, 3.05) is 6.26 Å². The Morgan fingerprint density at radius 1 is 1.47 bits per heavy atom. The lowest BCUT2D eigenvalue weighted by atomic mass is 10.2. The van der Waals surface area contributed by atoms with Gasteiger partial charge in [-0.2, -0.15) is 0 Å². The molecular weight excluding hydrogens is 206 g/mol. The number of fused-ring (bicyclic) bond motifs is 1. The predicted molar refractivity (Wildman–Crippen MR) is 65.8 cm³/mol. The van der Waals surface area contributed by atoms with Crippen molar-refractivity contribution in [2.45, 2.75) is 6.92 Å². The quantitative estimate of drug-likeness (QED) is 0.591. The smallest absolute Gasteiger partial charge is 0.106 e. The molecule has 0 saturated carbocycles. The summed E-state index contributed by atoms with van der Waals surface area (Å²) in [6.07, 6.45) is 1.91. The van der Waals surface area contributed by atoms with Crippen LogP contribution in [0.2, 0.25) is 0 Å². The maximum Gasteiger partial charge on any atom is 0.106 e. The van der Waals surface area contributed by atoms with Crippen LogP contribution in [0.25, 0.3) is 11.0 Å². The number of aryl methyl sites for hydroxylation is 2. The van der Waals surface area contributed by atoms with Gasteiger partial charge in [0.15, 0.2) is 0 Å². The van der Waals surface area contributed by atoms with Gasteiger partial charge >= 0.3 is 0 Å². The zero-order valence-corrected chi connectivity index (χ0v) is 9.85. The fourth-order valence-electron chi connectivity index (χ4n) is 1.58. The van der Waals surface area contributed by atoms with Gasteiger partial charge in [-0.15, -0.1) is 11.8 Å². The molecule has 4 heteroatoms. The highest BCUT2D eigenvalue weighted by Gasteiger charge is 2.06. The van der Waals surface area contributed by atoms with Gasteiger partial charge in [-0.3, -0.25) is 5.41 Å². The summed E-state index contributed by atoms with van der Waals surface area (Å²) in [5, 5.41) is 8.33. The molecule has 0 unspecified atom stereocenters. The van der Waals surface area contributed by atoms with Gasteiger partial charge in [0.25, 0.3) is 0 Å². The highest BCUT2D eigenvalue weighted by Crippen LogP contribution is 2.18. The summed E-state index contributed by atoms with van der Waals surface area (Å²) < 4.78 is 2.06. The Balaban J connectivity index is 2.62. The number of hydrogen-bond acceptors (Lipinski definition) is 3. The fourth-order valence-corrected chi connectivity index (χ4v) is 1.94. The molecule has 1 N–H and O–H groups in total. The largest absolute Gasteiger partial charge is 0.331 e. The molecule has 0 fully saturated rings. The Hall–Kier alpha value is -1.29. The van der Waals surface area contributed by atoms with E-state index < -0.39 is 0 Å². The Labute approximate surface area is 93.0 Å². The monoisotopic (exact) mass is 219 g/mol. The second kappa shape index (κ2) is 3.70. The maximum absolute atomic E-state index is 7.74. The standard InChI is InChI=1S/C11H13N3S/c1-7-13-9-6-8(11(12)15-3)4-5-10(9)14(7)2/h4-6,12H,1-3H3. The lowest BCUT2D eigenvalue weighted by molar-refractivity contribution is 0.886. The SMILES string of the molecule is CSC(=N)c1ccc2c(c1)nc(C)n2C. The lowest BCUT2D eigenvalue weighted by Crippen LogP contribution is -1.93. The molecule has 0 aliphatic carbocycles. The summed E-state index contributed by atoms with van der Waals surface area (Å²) >= 11 is 1.45. The van der Waals surface area contributed by atoms with Crippen LogP contribution in [0.5, 0.6) is 0 Å². The summed E-state index contributed by atoms with van der Waals surface area (Å²) in [5.74, 6) is 0.998. The topological polar surface area (TPSA) is 41.7 Å². The van der Waals surface area contributed by atoms with Crippen molar-refractivity contribution in [3.05, 3.63) is 29.6 Å². The maximum atomic E-state index is 7.74. The first kappa shape index (κ1) is 10.2. The van der Waals surface area contributed by atoms with Crippen LogP contribution in [0, 0.1) is 12.3 Å². The third-order valence-corrected chi connectivity index (χ3v) is 3.21. The third kappa shape index (κ3) is 1.65. The molecule has 2 rings (SSSR count). The number of rotatable bonds is 1. The number of hydrogen-bond donors (Lipinski definition) is 1. The molecule has 3 nitrogen and oxygen atoms in total. The number of nitrogens with zero attached hydrogens (tertiary/aromatic N) is 2. The lowest BCUT2D eigenvalue weighted by Gasteiger charge is -2.00. The Morgan fingerprint density at radius 2 is 2.20 bits per heavy atom. The highest BCUT2D eigenvalue weighted by molar-refractivity contribution is 8.13. The van der Waals surface area contributed by atoms with Crippen LogP contribution in [0.3, 0.4) is 0 Å².